The number of methoxy groups -OCH3 is 1. The first-order valence-corrected chi connectivity index (χ1v) is 6.74. The largest absolute Gasteiger partial charge is 0.481 e. The monoisotopic (exact) mass is 273 g/mol. The van der Waals surface area contributed by atoms with Gasteiger partial charge in [-0.1, -0.05) is 0 Å². The van der Waals surface area contributed by atoms with Crippen molar-refractivity contribution in [3.8, 4) is 0 Å². The first-order chi connectivity index (χ1) is 9.08. The van der Waals surface area contributed by atoms with Crippen molar-refractivity contribution in [1.29, 1.82) is 0 Å². The number of amides is 1. The molecule has 19 heavy (non-hydrogen) atoms. The van der Waals surface area contributed by atoms with Gasteiger partial charge in [-0.3, -0.25) is 9.59 Å². The van der Waals surface area contributed by atoms with Gasteiger partial charge in [0.15, 0.2) is 0 Å². The summed E-state index contributed by atoms with van der Waals surface area (Å²) in [5.74, 6) is -0.870. The number of carboxylic acids is 1. The molecule has 1 rings (SSSR count). The summed E-state index contributed by atoms with van der Waals surface area (Å²) in [5.41, 5.74) is 0. The van der Waals surface area contributed by atoms with E-state index in [2.05, 4.69) is 5.32 Å². The Labute approximate surface area is 113 Å². The SMILES string of the molecule is CCOC1CC(NC(=O)CCCCC(=O)O)C1OC. The van der Waals surface area contributed by atoms with Crippen LogP contribution in [0.15, 0.2) is 0 Å². The number of ether oxygens (including phenoxy) is 2. The lowest BCUT2D eigenvalue weighted by molar-refractivity contribution is -0.143. The maximum absolute atomic E-state index is 11.7. The Bertz CT molecular complexity index is 307. The van der Waals surface area contributed by atoms with Crippen LogP contribution >= 0.6 is 0 Å². The smallest absolute Gasteiger partial charge is 0.303 e. The van der Waals surface area contributed by atoms with Crippen molar-refractivity contribution in [2.75, 3.05) is 13.7 Å². The highest BCUT2D eigenvalue weighted by molar-refractivity contribution is 5.76. The second kappa shape index (κ2) is 8.12. The molecule has 0 saturated heterocycles. The van der Waals surface area contributed by atoms with Crippen molar-refractivity contribution in [3.05, 3.63) is 0 Å². The lowest BCUT2D eigenvalue weighted by Crippen LogP contribution is -2.60. The van der Waals surface area contributed by atoms with Gasteiger partial charge in [-0.05, 0) is 26.2 Å². The third kappa shape index (κ3) is 5.16. The number of rotatable bonds is 9. The minimum atomic E-state index is -0.821. The Kier molecular flexibility index (Phi) is 6.80. The Morgan fingerprint density at radius 1 is 1.32 bits per heavy atom. The standard InChI is InChI=1S/C13H23NO5/c1-3-19-10-8-9(13(10)18-2)14-11(15)6-4-5-7-12(16)17/h9-10,13H,3-8H2,1-2H3,(H,14,15)(H,16,17). The van der Waals surface area contributed by atoms with Crippen molar-refractivity contribution >= 4 is 11.9 Å². The van der Waals surface area contributed by atoms with Gasteiger partial charge < -0.3 is 19.9 Å². The van der Waals surface area contributed by atoms with Crippen LogP contribution in [0.25, 0.3) is 0 Å². The molecule has 0 spiro atoms. The Balaban J connectivity index is 2.17. The first kappa shape index (κ1) is 15.9. The van der Waals surface area contributed by atoms with Gasteiger partial charge in [0.1, 0.15) is 6.10 Å². The molecule has 6 nitrogen and oxygen atoms in total. The maximum atomic E-state index is 11.7. The second-order valence-electron chi connectivity index (χ2n) is 4.70. The molecule has 6 heteroatoms. The summed E-state index contributed by atoms with van der Waals surface area (Å²) >= 11 is 0. The molecule has 0 bridgehead atoms. The molecule has 0 aromatic rings. The van der Waals surface area contributed by atoms with Gasteiger partial charge in [0.05, 0.1) is 12.1 Å². The molecular formula is C13H23NO5. The van der Waals surface area contributed by atoms with Gasteiger partial charge in [0.25, 0.3) is 0 Å². The van der Waals surface area contributed by atoms with Crippen LogP contribution in [-0.2, 0) is 19.1 Å². The molecule has 0 radical (unpaired) electrons. The summed E-state index contributed by atoms with van der Waals surface area (Å²) in [6, 6.07) is 0.00789. The lowest BCUT2D eigenvalue weighted by atomic mass is 9.85. The minimum absolute atomic E-state index is 0.00789. The molecule has 1 fully saturated rings. The average Bonchev–Trinajstić information content (AvgIpc) is 2.33. The van der Waals surface area contributed by atoms with E-state index >= 15 is 0 Å². The highest BCUT2D eigenvalue weighted by Gasteiger charge is 2.42. The number of carboxylic acid groups (broad SMARTS) is 1. The summed E-state index contributed by atoms with van der Waals surface area (Å²) in [6.07, 6.45) is 2.35. The van der Waals surface area contributed by atoms with E-state index in [0.717, 1.165) is 6.42 Å². The Morgan fingerprint density at radius 2 is 2.00 bits per heavy atom. The second-order valence-corrected chi connectivity index (χ2v) is 4.70. The van der Waals surface area contributed by atoms with Crippen LogP contribution in [-0.4, -0.2) is 48.9 Å². The van der Waals surface area contributed by atoms with E-state index in [1.165, 1.54) is 0 Å². The van der Waals surface area contributed by atoms with E-state index in [1.54, 1.807) is 7.11 Å². The van der Waals surface area contributed by atoms with E-state index in [1.807, 2.05) is 6.92 Å². The van der Waals surface area contributed by atoms with E-state index in [0.29, 0.717) is 25.9 Å². The quantitative estimate of drug-likeness (QED) is 0.611. The number of hydrogen-bond acceptors (Lipinski definition) is 4. The van der Waals surface area contributed by atoms with Crippen molar-refractivity contribution in [2.24, 2.45) is 0 Å². The number of carbonyl (C=O) groups excluding carboxylic acids is 1. The Morgan fingerprint density at radius 3 is 2.58 bits per heavy atom. The highest BCUT2D eigenvalue weighted by atomic mass is 16.5. The fourth-order valence-electron chi connectivity index (χ4n) is 2.26. The van der Waals surface area contributed by atoms with Gasteiger partial charge in [-0.15, -0.1) is 0 Å². The molecule has 2 N–H and O–H groups in total. The molecule has 0 heterocycles. The van der Waals surface area contributed by atoms with Gasteiger partial charge in [-0.2, -0.15) is 0 Å². The topological polar surface area (TPSA) is 84.9 Å². The average molecular weight is 273 g/mol. The predicted octanol–water partition coefficient (Wildman–Crippen LogP) is 0.940. The Hall–Kier alpha value is -1.14. The van der Waals surface area contributed by atoms with Gasteiger partial charge in [0.2, 0.25) is 5.91 Å². The molecule has 1 amide bonds. The summed E-state index contributed by atoms with van der Waals surface area (Å²) < 4.78 is 10.8. The summed E-state index contributed by atoms with van der Waals surface area (Å²) in [7, 11) is 1.61. The van der Waals surface area contributed by atoms with Crippen LogP contribution in [0.1, 0.15) is 39.0 Å². The summed E-state index contributed by atoms with van der Waals surface area (Å²) in [4.78, 5) is 22.0. The molecule has 0 aliphatic heterocycles. The molecule has 0 aromatic carbocycles. The van der Waals surface area contributed by atoms with Crippen LogP contribution < -0.4 is 5.32 Å². The van der Waals surface area contributed by atoms with E-state index < -0.39 is 5.97 Å². The third-order valence-electron chi connectivity index (χ3n) is 3.29. The number of carbonyl (C=O) groups is 2. The molecule has 0 aromatic heterocycles. The number of nitrogens with one attached hydrogen (secondary N) is 1. The zero-order valence-electron chi connectivity index (χ0n) is 11.6. The fraction of sp³-hybridized carbons (Fsp3) is 0.846. The first-order valence-electron chi connectivity index (χ1n) is 6.74. The lowest BCUT2D eigenvalue weighted by Gasteiger charge is -2.43. The molecule has 110 valence electrons. The zero-order valence-corrected chi connectivity index (χ0v) is 11.6. The molecule has 3 atom stereocenters. The van der Waals surface area contributed by atoms with Gasteiger partial charge >= 0.3 is 5.97 Å². The zero-order chi connectivity index (χ0) is 14.3. The van der Waals surface area contributed by atoms with Crippen LogP contribution in [0.2, 0.25) is 0 Å². The van der Waals surface area contributed by atoms with Crippen LogP contribution in [0.4, 0.5) is 0 Å². The van der Waals surface area contributed by atoms with Crippen molar-refractivity contribution in [3.63, 3.8) is 0 Å². The van der Waals surface area contributed by atoms with E-state index in [-0.39, 0.29) is 30.6 Å². The number of hydrogen-bond donors (Lipinski definition) is 2. The molecule has 3 unspecified atom stereocenters. The molecular weight excluding hydrogens is 250 g/mol. The maximum Gasteiger partial charge on any atom is 0.303 e. The highest BCUT2D eigenvalue weighted by Crippen LogP contribution is 2.26. The van der Waals surface area contributed by atoms with E-state index in [9.17, 15) is 9.59 Å². The van der Waals surface area contributed by atoms with Crippen molar-refractivity contribution in [2.45, 2.75) is 57.3 Å². The minimum Gasteiger partial charge on any atom is -0.481 e. The summed E-state index contributed by atoms with van der Waals surface area (Å²) in [6.45, 7) is 2.57. The van der Waals surface area contributed by atoms with Crippen molar-refractivity contribution in [1.82, 2.24) is 5.32 Å². The molecule has 1 saturated carbocycles. The van der Waals surface area contributed by atoms with Crippen LogP contribution in [0, 0.1) is 0 Å². The van der Waals surface area contributed by atoms with Crippen LogP contribution in [0.5, 0.6) is 0 Å². The van der Waals surface area contributed by atoms with Crippen molar-refractivity contribution < 1.29 is 24.2 Å². The number of aliphatic carboxylic acids is 1. The molecule has 1 aliphatic rings. The normalized spacial score (nSPS) is 25.7. The van der Waals surface area contributed by atoms with Gasteiger partial charge in [0, 0.05) is 26.6 Å². The van der Waals surface area contributed by atoms with E-state index in [4.69, 9.17) is 14.6 Å². The summed E-state index contributed by atoms with van der Waals surface area (Å²) in [5, 5.41) is 11.4. The fourth-order valence-corrected chi connectivity index (χ4v) is 2.26. The predicted molar refractivity (Wildman–Crippen MR) is 68.9 cm³/mol. The third-order valence-corrected chi connectivity index (χ3v) is 3.29. The number of unbranched alkanes of at least 4 members (excludes halogenated alkanes) is 1. The van der Waals surface area contributed by atoms with Gasteiger partial charge in [-0.25, -0.2) is 0 Å². The molecule has 1 aliphatic carbocycles. The van der Waals surface area contributed by atoms with Crippen LogP contribution in [0.3, 0.4) is 0 Å².